The van der Waals surface area contributed by atoms with E-state index in [1.807, 2.05) is 0 Å². The molecule has 1 fully saturated rings. The van der Waals surface area contributed by atoms with Crippen molar-refractivity contribution in [1.29, 1.82) is 0 Å². The molecule has 0 aliphatic heterocycles. The van der Waals surface area contributed by atoms with E-state index in [4.69, 9.17) is 0 Å². The smallest absolute Gasteiger partial charge is 0.0206 e. The summed E-state index contributed by atoms with van der Waals surface area (Å²) in [6.45, 7) is 7.07. The lowest BCUT2D eigenvalue weighted by molar-refractivity contribution is 0.219. The van der Waals surface area contributed by atoms with Crippen molar-refractivity contribution < 1.29 is 0 Å². The van der Waals surface area contributed by atoms with Gasteiger partial charge in [0.1, 0.15) is 0 Å². The molecule has 0 aromatic rings. The molecule has 0 amide bonds. The molecule has 2 heteroatoms. The molecular formula is C11H23NS. The van der Waals surface area contributed by atoms with Crippen LogP contribution >= 0.6 is 11.8 Å². The van der Waals surface area contributed by atoms with E-state index in [-0.39, 0.29) is 0 Å². The number of nitrogens with one attached hydrogen (secondary N) is 1. The largest absolute Gasteiger partial charge is 0.316 e. The Labute approximate surface area is 87.1 Å². The Morgan fingerprint density at radius 1 is 1.46 bits per heavy atom. The van der Waals surface area contributed by atoms with Crippen molar-refractivity contribution in [1.82, 2.24) is 5.32 Å². The van der Waals surface area contributed by atoms with Crippen molar-refractivity contribution in [3.8, 4) is 0 Å². The number of hydrogen-bond acceptors (Lipinski definition) is 2. The first-order valence-corrected chi connectivity index (χ1v) is 6.43. The van der Waals surface area contributed by atoms with Gasteiger partial charge < -0.3 is 5.32 Å². The zero-order chi connectivity index (χ0) is 9.90. The molecule has 2 atom stereocenters. The predicted octanol–water partition coefficient (Wildman–Crippen LogP) is 2.91. The molecular weight excluding hydrogens is 178 g/mol. The molecule has 1 saturated carbocycles. The fourth-order valence-electron chi connectivity index (χ4n) is 2.24. The van der Waals surface area contributed by atoms with Crippen LogP contribution in [0.25, 0.3) is 0 Å². The van der Waals surface area contributed by atoms with Gasteiger partial charge in [-0.3, -0.25) is 0 Å². The highest BCUT2D eigenvalue weighted by Gasteiger charge is 2.33. The third-order valence-corrected chi connectivity index (χ3v) is 4.34. The maximum absolute atomic E-state index is 3.46. The predicted molar refractivity (Wildman–Crippen MR) is 62.4 cm³/mol. The van der Waals surface area contributed by atoms with Gasteiger partial charge in [0.05, 0.1) is 0 Å². The van der Waals surface area contributed by atoms with Crippen LogP contribution in [-0.4, -0.2) is 24.1 Å². The lowest BCUT2D eigenvalue weighted by Crippen LogP contribution is -2.43. The summed E-state index contributed by atoms with van der Waals surface area (Å²) in [6.07, 6.45) is 4.09. The minimum Gasteiger partial charge on any atom is -0.316 e. The van der Waals surface area contributed by atoms with Gasteiger partial charge in [-0.2, -0.15) is 11.8 Å². The standard InChI is InChI=1S/C11H23NS/c1-5-13-10-8-11(2,3)7-6-9(10)12-4/h9-10,12H,5-8H2,1-4H3. The summed E-state index contributed by atoms with van der Waals surface area (Å²) < 4.78 is 0. The van der Waals surface area contributed by atoms with Crippen LogP contribution in [0.4, 0.5) is 0 Å². The maximum atomic E-state index is 3.46. The number of thioether (sulfide) groups is 1. The van der Waals surface area contributed by atoms with Crippen molar-refractivity contribution >= 4 is 11.8 Å². The maximum Gasteiger partial charge on any atom is 0.0206 e. The van der Waals surface area contributed by atoms with Crippen LogP contribution in [0.15, 0.2) is 0 Å². The van der Waals surface area contributed by atoms with Gasteiger partial charge in [-0.15, -0.1) is 0 Å². The van der Waals surface area contributed by atoms with Crippen molar-refractivity contribution in [2.45, 2.75) is 51.3 Å². The molecule has 78 valence electrons. The number of rotatable bonds is 3. The first kappa shape index (κ1) is 11.4. The Bertz CT molecular complexity index is 156. The third-order valence-electron chi connectivity index (χ3n) is 3.09. The summed E-state index contributed by atoms with van der Waals surface area (Å²) in [4.78, 5) is 0. The average molecular weight is 201 g/mol. The summed E-state index contributed by atoms with van der Waals surface area (Å²) in [5.74, 6) is 1.25. The minimum atomic E-state index is 0.570. The first-order chi connectivity index (χ1) is 6.09. The van der Waals surface area contributed by atoms with E-state index >= 15 is 0 Å². The molecule has 0 spiro atoms. The molecule has 0 heterocycles. The highest BCUT2D eigenvalue weighted by molar-refractivity contribution is 7.99. The Morgan fingerprint density at radius 3 is 2.69 bits per heavy atom. The summed E-state index contributed by atoms with van der Waals surface area (Å²) >= 11 is 2.12. The Kier molecular flexibility index (Phi) is 4.11. The van der Waals surface area contributed by atoms with E-state index in [0.29, 0.717) is 5.41 Å². The molecule has 0 aromatic carbocycles. The molecule has 0 saturated heterocycles. The summed E-state index contributed by atoms with van der Waals surface area (Å²) in [5.41, 5.74) is 0.570. The van der Waals surface area contributed by atoms with Crippen LogP contribution in [0.3, 0.4) is 0 Å². The normalized spacial score (nSPS) is 33.2. The van der Waals surface area contributed by atoms with E-state index < -0.39 is 0 Å². The molecule has 1 nitrogen and oxygen atoms in total. The Balaban J connectivity index is 2.52. The molecule has 0 radical (unpaired) electrons. The van der Waals surface area contributed by atoms with E-state index in [2.05, 4.69) is 44.9 Å². The molecule has 0 bridgehead atoms. The average Bonchev–Trinajstić information content (AvgIpc) is 2.04. The molecule has 0 aromatic heterocycles. The monoisotopic (exact) mass is 201 g/mol. The van der Waals surface area contributed by atoms with Crippen LogP contribution in [0.1, 0.15) is 40.0 Å². The lowest BCUT2D eigenvalue weighted by Gasteiger charge is -2.40. The number of hydrogen-bond donors (Lipinski definition) is 1. The van der Waals surface area contributed by atoms with Crippen LogP contribution in [-0.2, 0) is 0 Å². The second kappa shape index (κ2) is 4.70. The summed E-state index contributed by atoms with van der Waals surface area (Å²) in [7, 11) is 2.10. The van der Waals surface area contributed by atoms with Crippen molar-refractivity contribution in [2.24, 2.45) is 5.41 Å². The van der Waals surface area contributed by atoms with Crippen LogP contribution in [0.2, 0.25) is 0 Å². The van der Waals surface area contributed by atoms with E-state index in [1.54, 1.807) is 0 Å². The zero-order valence-electron chi connectivity index (χ0n) is 9.39. The van der Waals surface area contributed by atoms with Crippen LogP contribution < -0.4 is 5.32 Å². The van der Waals surface area contributed by atoms with Crippen LogP contribution in [0, 0.1) is 5.41 Å². The Morgan fingerprint density at radius 2 is 2.15 bits per heavy atom. The molecule has 1 aliphatic rings. The van der Waals surface area contributed by atoms with E-state index in [1.165, 1.54) is 25.0 Å². The van der Waals surface area contributed by atoms with Crippen molar-refractivity contribution in [3.05, 3.63) is 0 Å². The fourth-order valence-corrected chi connectivity index (χ4v) is 3.74. The Hall–Kier alpha value is 0.310. The van der Waals surface area contributed by atoms with Gasteiger partial charge in [0.2, 0.25) is 0 Å². The lowest BCUT2D eigenvalue weighted by atomic mass is 9.75. The summed E-state index contributed by atoms with van der Waals surface area (Å²) in [6, 6.07) is 0.748. The van der Waals surface area contributed by atoms with Gasteiger partial charge in [-0.1, -0.05) is 20.8 Å². The highest BCUT2D eigenvalue weighted by atomic mass is 32.2. The van der Waals surface area contributed by atoms with Gasteiger partial charge in [0.25, 0.3) is 0 Å². The van der Waals surface area contributed by atoms with Gasteiger partial charge in [0, 0.05) is 11.3 Å². The molecule has 1 rings (SSSR count). The summed E-state index contributed by atoms with van der Waals surface area (Å²) in [5, 5.41) is 4.29. The molecule has 13 heavy (non-hydrogen) atoms. The van der Waals surface area contributed by atoms with Gasteiger partial charge in [-0.05, 0) is 37.5 Å². The molecule has 1 aliphatic carbocycles. The topological polar surface area (TPSA) is 12.0 Å². The van der Waals surface area contributed by atoms with E-state index in [9.17, 15) is 0 Å². The van der Waals surface area contributed by atoms with Crippen LogP contribution in [0.5, 0.6) is 0 Å². The van der Waals surface area contributed by atoms with E-state index in [0.717, 1.165) is 11.3 Å². The SMILES string of the molecule is CCSC1CC(C)(C)CCC1NC. The second-order valence-corrected chi connectivity index (χ2v) is 6.31. The van der Waals surface area contributed by atoms with Crippen molar-refractivity contribution in [3.63, 3.8) is 0 Å². The fraction of sp³-hybridized carbons (Fsp3) is 1.00. The highest BCUT2D eigenvalue weighted by Crippen LogP contribution is 2.40. The van der Waals surface area contributed by atoms with Gasteiger partial charge in [-0.25, -0.2) is 0 Å². The van der Waals surface area contributed by atoms with Crippen molar-refractivity contribution in [2.75, 3.05) is 12.8 Å². The van der Waals surface area contributed by atoms with Gasteiger partial charge in [0.15, 0.2) is 0 Å². The quantitative estimate of drug-likeness (QED) is 0.753. The second-order valence-electron chi connectivity index (χ2n) is 4.80. The van der Waals surface area contributed by atoms with Gasteiger partial charge >= 0.3 is 0 Å². The molecule has 1 N–H and O–H groups in total. The third kappa shape index (κ3) is 3.17. The molecule has 2 unspecified atom stereocenters. The first-order valence-electron chi connectivity index (χ1n) is 5.38. The minimum absolute atomic E-state index is 0.570. The zero-order valence-corrected chi connectivity index (χ0v) is 10.2.